The van der Waals surface area contributed by atoms with E-state index in [1.54, 1.807) is 30.5 Å². The van der Waals surface area contributed by atoms with Crippen molar-refractivity contribution in [2.75, 3.05) is 20.6 Å². The zero-order valence-corrected chi connectivity index (χ0v) is 17.0. The SMILES string of the molecule is CN(C)C(CNC(=O)CCc1ccc(S(=O)(=O)NC2CC2)cc1)c1ccco1. The Kier molecular flexibility index (Phi) is 6.53. The fraction of sp³-hybridized carbons (Fsp3) is 0.450. The number of benzene rings is 1. The van der Waals surface area contributed by atoms with Crippen LogP contribution in [-0.4, -0.2) is 45.9 Å². The van der Waals surface area contributed by atoms with E-state index >= 15 is 0 Å². The fourth-order valence-corrected chi connectivity index (χ4v) is 4.20. The zero-order valence-electron chi connectivity index (χ0n) is 16.2. The summed E-state index contributed by atoms with van der Waals surface area (Å²) < 4.78 is 32.4. The first kappa shape index (κ1) is 20.6. The topological polar surface area (TPSA) is 91.7 Å². The van der Waals surface area contributed by atoms with Crippen LogP contribution in [0.2, 0.25) is 0 Å². The summed E-state index contributed by atoms with van der Waals surface area (Å²) in [5.74, 6) is 0.757. The molecule has 1 aromatic carbocycles. The van der Waals surface area contributed by atoms with Gasteiger partial charge < -0.3 is 9.73 Å². The van der Waals surface area contributed by atoms with Gasteiger partial charge in [-0.25, -0.2) is 13.1 Å². The molecule has 1 aliphatic rings. The second-order valence-corrected chi connectivity index (χ2v) is 9.05. The van der Waals surface area contributed by atoms with E-state index in [1.165, 1.54) is 0 Å². The van der Waals surface area contributed by atoms with Crippen LogP contribution in [0, 0.1) is 0 Å². The Labute approximate surface area is 166 Å². The normalized spacial score (nSPS) is 15.5. The van der Waals surface area contributed by atoms with Crippen molar-refractivity contribution in [3.63, 3.8) is 0 Å². The van der Waals surface area contributed by atoms with Crippen molar-refractivity contribution in [2.45, 2.75) is 42.7 Å². The molecule has 152 valence electrons. The Hall–Kier alpha value is -2.16. The van der Waals surface area contributed by atoms with E-state index in [9.17, 15) is 13.2 Å². The lowest BCUT2D eigenvalue weighted by molar-refractivity contribution is -0.121. The van der Waals surface area contributed by atoms with Crippen molar-refractivity contribution < 1.29 is 17.6 Å². The highest BCUT2D eigenvalue weighted by Gasteiger charge is 2.27. The van der Waals surface area contributed by atoms with Gasteiger partial charge in [0.25, 0.3) is 0 Å². The number of carbonyl (C=O) groups is 1. The van der Waals surface area contributed by atoms with Crippen LogP contribution in [-0.2, 0) is 21.2 Å². The standard InChI is InChI=1S/C20H27N3O4S/c1-23(2)18(19-4-3-13-27-19)14-21-20(24)12-7-15-5-10-17(11-6-15)28(25,26)22-16-8-9-16/h3-6,10-11,13,16,18,22H,7-9,12,14H2,1-2H3,(H,21,24). The smallest absolute Gasteiger partial charge is 0.240 e. The summed E-state index contributed by atoms with van der Waals surface area (Å²) in [6.45, 7) is 0.462. The largest absolute Gasteiger partial charge is 0.468 e. The minimum atomic E-state index is -3.44. The van der Waals surface area contributed by atoms with E-state index in [1.807, 2.05) is 31.1 Å². The van der Waals surface area contributed by atoms with Crippen LogP contribution in [0.25, 0.3) is 0 Å². The summed E-state index contributed by atoms with van der Waals surface area (Å²) in [5.41, 5.74) is 0.927. The number of carbonyl (C=O) groups excluding carboxylic acids is 1. The van der Waals surface area contributed by atoms with Gasteiger partial charge in [0.1, 0.15) is 5.76 Å². The average Bonchev–Trinajstić information content (AvgIpc) is 3.29. The van der Waals surface area contributed by atoms with Gasteiger partial charge in [-0.2, -0.15) is 0 Å². The van der Waals surface area contributed by atoms with Crippen LogP contribution < -0.4 is 10.0 Å². The van der Waals surface area contributed by atoms with Crippen LogP contribution in [0.3, 0.4) is 0 Å². The molecule has 3 rings (SSSR count). The number of hydrogen-bond donors (Lipinski definition) is 2. The lowest BCUT2D eigenvalue weighted by Crippen LogP contribution is -2.34. The third-order valence-corrected chi connectivity index (χ3v) is 6.30. The van der Waals surface area contributed by atoms with Gasteiger partial charge in [-0.3, -0.25) is 9.69 Å². The molecule has 1 aromatic heterocycles. The molecule has 0 bridgehead atoms. The molecule has 1 saturated carbocycles. The van der Waals surface area contributed by atoms with Crippen molar-refractivity contribution in [1.29, 1.82) is 0 Å². The van der Waals surface area contributed by atoms with E-state index in [2.05, 4.69) is 10.0 Å². The Morgan fingerprint density at radius 2 is 1.93 bits per heavy atom. The first-order valence-electron chi connectivity index (χ1n) is 9.43. The van der Waals surface area contributed by atoms with Crippen LogP contribution >= 0.6 is 0 Å². The molecule has 7 nitrogen and oxygen atoms in total. The van der Waals surface area contributed by atoms with Gasteiger partial charge in [0.05, 0.1) is 17.2 Å². The van der Waals surface area contributed by atoms with Crippen LogP contribution in [0.5, 0.6) is 0 Å². The van der Waals surface area contributed by atoms with E-state index in [-0.39, 0.29) is 22.9 Å². The number of hydrogen-bond acceptors (Lipinski definition) is 5. The summed E-state index contributed by atoms with van der Waals surface area (Å²) in [6, 6.07) is 10.5. The minimum Gasteiger partial charge on any atom is -0.468 e. The van der Waals surface area contributed by atoms with E-state index < -0.39 is 10.0 Å². The van der Waals surface area contributed by atoms with Crippen molar-refractivity contribution in [1.82, 2.24) is 14.9 Å². The summed E-state index contributed by atoms with van der Waals surface area (Å²) in [6.07, 6.45) is 4.32. The highest BCUT2D eigenvalue weighted by atomic mass is 32.2. The molecule has 1 fully saturated rings. The predicted octanol–water partition coefficient (Wildman–Crippen LogP) is 2.07. The molecule has 0 radical (unpaired) electrons. The Morgan fingerprint density at radius 1 is 1.21 bits per heavy atom. The molecule has 2 aromatic rings. The number of furan rings is 1. The maximum absolute atomic E-state index is 12.2. The first-order chi connectivity index (χ1) is 13.3. The molecule has 1 unspecified atom stereocenters. The van der Waals surface area contributed by atoms with Gasteiger partial charge in [0.15, 0.2) is 0 Å². The van der Waals surface area contributed by atoms with Gasteiger partial charge >= 0.3 is 0 Å². The van der Waals surface area contributed by atoms with E-state index in [0.29, 0.717) is 19.4 Å². The Balaban J connectivity index is 1.47. The number of likely N-dealkylation sites (N-methyl/N-ethyl adjacent to an activating group) is 1. The fourth-order valence-electron chi connectivity index (χ4n) is 2.90. The molecule has 0 spiro atoms. The molecule has 0 aliphatic heterocycles. The Morgan fingerprint density at radius 3 is 2.50 bits per heavy atom. The number of aryl methyl sites for hydroxylation is 1. The van der Waals surface area contributed by atoms with Gasteiger partial charge in [-0.1, -0.05) is 12.1 Å². The van der Waals surface area contributed by atoms with Crippen molar-refractivity contribution in [3.8, 4) is 0 Å². The lowest BCUT2D eigenvalue weighted by atomic mass is 10.1. The minimum absolute atomic E-state index is 0.0255. The summed E-state index contributed by atoms with van der Waals surface area (Å²) in [7, 11) is 0.439. The van der Waals surface area contributed by atoms with Gasteiger partial charge in [-0.15, -0.1) is 0 Å². The highest BCUT2D eigenvalue weighted by molar-refractivity contribution is 7.89. The van der Waals surface area contributed by atoms with Crippen molar-refractivity contribution >= 4 is 15.9 Å². The number of sulfonamides is 1. The number of nitrogens with one attached hydrogen (secondary N) is 2. The van der Waals surface area contributed by atoms with Gasteiger partial charge in [0.2, 0.25) is 15.9 Å². The third-order valence-electron chi connectivity index (χ3n) is 4.76. The quantitative estimate of drug-likeness (QED) is 0.631. The summed E-state index contributed by atoms with van der Waals surface area (Å²) in [5, 5.41) is 2.94. The van der Waals surface area contributed by atoms with Gasteiger partial charge in [-0.05, 0) is 63.2 Å². The summed E-state index contributed by atoms with van der Waals surface area (Å²) >= 11 is 0. The van der Waals surface area contributed by atoms with Crippen molar-refractivity contribution in [2.24, 2.45) is 0 Å². The molecule has 1 atom stereocenters. The first-order valence-corrected chi connectivity index (χ1v) is 10.9. The highest BCUT2D eigenvalue weighted by Crippen LogP contribution is 2.22. The molecular formula is C20H27N3O4S. The van der Waals surface area contributed by atoms with Crippen molar-refractivity contribution in [3.05, 3.63) is 54.0 Å². The second-order valence-electron chi connectivity index (χ2n) is 7.34. The van der Waals surface area contributed by atoms with E-state index in [0.717, 1.165) is 24.2 Å². The molecule has 2 N–H and O–H groups in total. The Bertz CT molecular complexity index is 873. The third kappa shape index (κ3) is 5.67. The molecule has 0 saturated heterocycles. The number of nitrogens with zero attached hydrogens (tertiary/aromatic N) is 1. The number of rotatable bonds is 10. The average molecular weight is 406 g/mol. The maximum atomic E-state index is 12.2. The second kappa shape index (κ2) is 8.89. The number of amides is 1. The summed E-state index contributed by atoms with van der Waals surface area (Å²) in [4.78, 5) is 14.5. The molecule has 1 aliphatic carbocycles. The molecule has 28 heavy (non-hydrogen) atoms. The molecule has 8 heteroatoms. The predicted molar refractivity (Wildman–Crippen MR) is 106 cm³/mol. The lowest BCUT2D eigenvalue weighted by Gasteiger charge is -2.22. The van der Waals surface area contributed by atoms with Gasteiger partial charge in [0, 0.05) is 19.0 Å². The maximum Gasteiger partial charge on any atom is 0.240 e. The van der Waals surface area contributed by atoms with E-state index in [4.69, 9.17) is 4.42 Å². The van der Waals surface area contributed by atoms with Crippen LogP contribution in [0.1, 0.15) is 36.6 Å². The molecule has 1 heterocycles. The monoisotopic (exact) mass is 405 g/mol. The zero-order chi connectivity index (χ0) is 20.1. The van der Waals surface area contributed by atoms with Crippen LogP contribution in [0.15, 0.2) is 52.0 Å². The molecule has 1 amide bonds. The van der Waals surface area contributed by atoms with Crippen LogP contribution in [0.4, 0.5) is 0 Å². The molecular weight excluding hydrogens is 378 g/mol.